The van der Waals surface area contributed by atoms with E-state index in [1.165, 1.54) is 12.4 Å². The van der Waals surface area contributed by atoms with Crippen LogP contribution >= 0.6 is 0 Å². The smallest absolute Gasteiger partial charge is 0.261 e. The number of hydrogen-bond acceptors (Lipinski definition) is 6. The standard InChI is InChI=1S/C21H29N5O2S/c1-5-10-25-11-12-26(15-17(25)4)21-22-13-19(14-23-21)24-29(27,28)20-8-6-18(7-9-20)16(2)3/h5-9,13-14,16-17,24H,1,10-12,15H2,2-4H3. The first-order chi connectivity index (χ1) is 13.8. The van der Waals surface area contributed by atoms with Crippen LogP contribution in [0.25, 0.3) is 0 Å². The molecule has 0 amide bonds. The van der Waals surface area contributed by atoms with Crippen LogP contribution in [0.15, 0.2) is 54.2 Å². The average Bonchev–Trinajstić information content (AvgIpc) is 2.70. The molecule has 1 aliphatic heterocycles. The van der Waals surface area contributed by atoms with E-state index in [1.54, 1.807) is 12.1 Å². The minimum atomic E-state index is -3.68. The number of nitrogens with zero attached hydrogens (tertiary/aromatic N) is 4. The van der Waals surface area contributed by atoms with E-state index in [4.69, 9.17) is 0 Å². The van der Waals surface area contributed by atoms with E-state index in [1.807, 2.05) is 18.2 Å². The van der Waals surface area contributed by atoms with Gasteiger partial charge < -0.3 is 4.90 Å². The van der Waals surface area contributed by atoms with Gasteiger partial charge in [-0.25, -0.2) is 18.4 Å². The van der Waals surface area contributed by atoms with Crippen LogP contribution in [0.5, 0.6) is 0 Å². The molecule has 0 saturated carbocycles. The Bertz CT molecular complexity index is 927. The number of rotatable bonds is 7. The summed E-state index contributed by atoms with van der Waals surface area (Å²) in [6.07, 6.45) is 4.95. The number of benzene rings is 1. The molecule has 3 rings (SSSR count). The fourth-order valence-electron chi connectivity index (χ4n) is 3.40. The van der Waals surface area contributed by atoms with E-state index in [-0.39, 0.29) is 4.90 Å². The minimum absolute atomic E-state index is 0.221. The lowest BCUT2D eigenvalue weighted by Gasteiger charge is -2.39. The topological polar surface area (TPSA) is 78.4 Å². The van der Waals surface area contributed by atoms with Crippen LogP contribution in [-0.2, 0) is 10.0 Å². The second-order valence-electron chi connectivity index (χ2n) is 7.68. The molecule has 0 bridgehead atoms. The van der Waals surface area contributed by atoms with Crippen molar-refractivity contribution in [2.75, 3.05) is 35.8 Å². The Balaban J connectivity index is 1.66. The van der Waals surface area contributed by atoms with Crippen molar-refractivity contribution in [3.05, 3.63) is 54.9 Å². The van der Waals surface area contributed by atoms with Crippen molar-refractivity contribution in [2.24, 2.45) is 0 Å². The molecular formula is C21H29N5O2S. The van der Waals surface area contributed by atoms with Crippen molar-refractivity contribution in [1.29, 1.82) is 0 Å². The third-order valence-electron chi connectivity index (χ3n) is 5.16. The molecule has 0 aliphatic carbocycles. The first kappa shape index (κ1) is 21.3. The van der Waals surface area contributed by atoms with E-state index < -0.39 is 10.0 Å². The molecule has 156 valence electrons. The van der Waals surface area contributed by atoms with E-state index in [0.29, 0.717) is 23.6 Å². The summed E-state index contributed by atoms with van der Waals surface area (Å²) in [7, 11) is -3.68. The Kier molecular flexibility index (Phi) is 6.54. The summed E-state index contributed by atoms with van der Waals surface area (Å²) in [4.78, 5) is 13.4. The molecule has 1 atom stereocenters. The maximum absolute atomic E-state index is 12.6. The Morgan fingerprint density at radius 3 is 2.41 bits per heavy atom. The number of nitrogens with one attached hydrogen (secondary N) is 1. The maximum Gasteiger partial charge on any atom is 0.261 e. The summed E-state index contributed by atoms with van der Waals surface area (Å²) in [6, 6.07) is 7.30. The van der Waals surface area contributed by atoms with E-state index >= 15 is 0 Å². The summed E-state index contributed by atoms with van der Waals surface area (Å²) in [5.41, 5.74) is 1.44. The quantitative estimate of drug-likeness (QED) is 0.700. The molecule has 0 radical (unpaired) electrons. The molecule has 8 heteroatoms. The summed E-state index contributed by atoms with van der Waals surface area (Å²) in [6.45, 7) is 13.5. The van der Waals surface area contributed by atoms with Gasteiger partial charge in [-0.1, -0.05) is 32.1 Å². The van der Waals surface area contributed by atoms with Crippen LogP contribution < -0.4 is 9.62 Å². The van der Waals surface area contributed by atoms with Crippen molar-refractivity contribution in [3.8, 4) is 0 Å². The maximum atomic E-state index is 12.6. The molecule has 1 unspecified atom stereocenters. The van der Waals surface area contributed by atoms with Gasteiger partial charge in [-0.15, -0.1) is 6.58 Å². The lowest BCUT2D eigenvalue weighted by Crippen LogP contribution is -2.52. The van der Waals surface area contributed by atoms with Gasteiger partial charge in [0, 0.05) is 32.2 Å². The van der Waals surface area contributed by atoms with Gasteiger partial charge in [0.05, 0.1) is 23.0 Å². The summed E-state index contributed by atoms with van der Waals surface area (Å²) < 4.78 is 27.8. The van der Waals surface area contributed by atoms with E-state index in [0.717, 1.165) is 31.7 Å². The molecule has 1 aliphatic rings. The van der Waals surface area contributed by atoms with Gasteiger partial charge in [0.1, 0.15) is 0 Å². The van der Waals surface area contributed by atoms with Crippen LogP contribution in [0.2, 0.25) is 0 Å². The third-order valence-corrected chi connectivity index (χ3v) is 6.56. The zero-order chi connectivity index (χ0) is 21.0. The predicted molar refractivity (Wildman–Crippen MR) is 117 cm³/mol. The second kappa shape index (κ2) is 8.92. The van der Waals surface area contributed by atoms with Crippen LogP contribution in [-0.4, -0.2) is 55.5 Å². The van der Waals surface area contributed by atoms with Crippen molar-refractivity contribution in [3.63, 3.8) is 0 Å². The van der Waals surface area contributed by atoms with Crippen molar-refractivity contribution in [1.82, 2.24) is 14.9 Å². The van der Waals surface area contributed by atoms with Gasteiger partial charge >= 0.3 is 0 Å². The van der Waals surface area contributed by atoms with E-state index in [9.17, 15) is 8.42 Å². The molecule has 0 spiro atoms. The highest BCUT2D eigenvalue weighted by Gasteiger charge is 2.24. The van der Waals surface area contributed by atoms with Crippen LogP contribution in [0, 0.1) is 0 Å². The number of hydrogen-bond donors (Lipinski definition) is 1. The summed E-state index contributed by atoms with van der Waals surface area (Å²) >= 11 is 0. The monoisotopic (exact) mass is 415 g/mol. The van der Waals surface area contributed by atoms with Crippen molar-refractivity contribution < 1.29 is 8.42 Å². The number of sulfonamides is 1. The normalized spacial score (nSPS) is 18.1. The van der Waals surface area contributed by atoms with Crippen LogP contribution in [0.1, 0.15) is 32.3 Å². The van der Waals surface area contributed by atoms with E-state index in [2.05, 4.69) is 51.8 Å². The molecule has 1 fully saturated rings. The van der Waals surface area contributed by atoms with Gasteiger partial charge in [-0.05, 0) is 30.5 Å². The fourth-order valence-corrected chi connectivity index (χ4v) is 4.43. The number of aromatic nitrogens is 2. The zero-order valence-electron chi connectivity index (χ0n) is 17.2. The molecule has 1 aromatic heterocycles. The molecule has 2 heterocycles. The highest BCUT2D eigenvalue weighted by Crippen LogP contribution is 2.21. The first-order valence-electron chi connectivity index (χ1n) is 9.85. The lowest BCUT2D eigenvalue weighted by molar-refractivity contribution is 0.209. The van der Waals surface area contributed by atoms with Crippen molar-refractivity contribution in [2.45, 2.75) is 37.6 Å². The Labute approximate surface area is 173 Å². The molecular weight excluding hydrogens is 386 g/mol. The van der Waals surface area contributed by atoms with Crippen molar-refractivity contribution >= 4 is 21.7 Å². The van der Waals surface area contributed by atoms with Crippen LogP contribution in [0.3, 0.4) is 0 Å². The highest BCUT2D eigenvalue weighted by molar-refractivity contribution is 7.92. The number of anilines is 2. The van der Waals surface area contributed by atoms with Gasteiger partial charge in [0.15, 0.2) is 0 Å². The molecule has 2 aromatic rings. The van der Waals surface area contributed by atoms with Gasteiger partial charge in [-0.2, -0.15) is 0 Å². The molecule has 1 saturated heterocycles. The van der Waals surface area contributed by atoms with Gasteiger partial charge in [-0.3, -0.25) is 9.62 Å². The first-order valence-corrected chi connectivity index (χ1v) is 11.3. The minimum Gasteiger partial charge on any atom is -0.338 e. The Hall–Kier alpha value is -2.45. The van der Waals surface area contributed by atoms with Gasteiger partial charge in [0.25, 0.3) is 10.0 Å². The summed E-state index contributed by atoms with van der Waals surface area (Å²) in [5.74, 6) is 0.960. The molecule has 7 nitrogen and oxygen atoms in total. The molecule has 1 N–H and O–H groups in total. The Morgan fingerprint density at radius 1 is 1.21 bits per heavy atom. The highest BCUT2D eigenvalue weighted by atomic mass is 32.2. The largest absolute Gasteiger partial charge is 0.338 e. The predicted octanol–water partition coefficient (Wildman–Crippen LogP) is 3.10. The Morgan fingerprint density at radius 2 is 1.86 bits per heavy atom. The van der Waals surface area contributed by atoms with Gasteiger partial charge in [0.2, 0.25) is 5.95 Å². The SMILES string of the molecule is C=CCN1CCN(c2ncc(NS(=O)(=O)c3ccc(C(C)C)cc3)cn2)CC1C. The zero-order valence-corrected chi connectivity index (χ0v) is 18.1. The third kappa shape index (κ3) is 5.13. The number of piperazine rings is 1. The second-order valence-corrected chi connectivity index (χ2v) is 9.36. The van der Waals surface area contributed by atoms with Crippen LogP contribution in [0.4, 0.5) is 11.6 Å². The average molecular weight is 416 g/mol. The molecule has 1 aromatic carbocycles. The summed E-state index contributed by atoms with van der Waals surface area (Å²) in [5, 5.41) is 0. The molecule has 29 heavy (non-hydrogen) atoms. The fraction of sp³-hybridized carbons (Fsp3) is 0.429. The lowest BCUT2D eigenvalue weighted by atomic mass is 10.0.